The van der Waals surface area contributed by atoms with Crippen LogP contribution in [-0.4, -0.2) is 45.5 Å². The summed E-state index contributed by atoms with van der Waals surface area (Å²) in [4.78, 5) is 26.8. The number of thioether (sulfide) groups is 2. The maximum Gasteiger partial charge on any atom is 0.416 e. The minimum atomic E-state index is -4.46. The molecule has 2 heterocycles. The van der Waals surface area contributed by atoms with Crippen molar-refractivity contribution in [3.8, 4) is 11.5 Å². The molecule has 0 fully saturated rings. The maximum absolute atomic E-state index is 13.3. The molecule has 8 rings (SSSR count). The molecular formula is C46H34ClF3N4O5S2. The number of nitrogens with zero attached hydrogens (tertiary/aromatic N) is 2. The zero-order valence-electron chi connectivity index (χ0n) is 32.1. The highest BCUT2D eigenvalue weighted by atomic mass is 35.5. The summed E-state index contributed by atoms with van der Waals surface area (Å²) in [5, 5.41) is 17.1. The van der Waals surface area contributed by atoms with Crippen molar-refractivity contribution in [2.45, 2.75) is 33.4 Å². The van der Waals surface area contributed by atoms with E-state index >= 15 is 0 Å². The van der Waals surface area contributed by atoms with Crippen LogP contribution in [0.2, 0.25) is 5.02 Å². The lowest BCUT2D eigenvalue weighted by atomic mass is 10.0. The molecule has 0 saturated heterocycles. The lowest BCUT2D eigenvalue weighted by Crippen LogP contribution is -2.23. The number of benzene rings is 6. The van der Waals surface area contributed by atoms with Gasteiger partial charge in [0.1, 0.15) is 11.5 Å². The van der Waals surface area contributed by atoms with Gasteiger partial charge in [-0.25, -0.2) is 9.59 Å². The SMILES string of the molecule is Cc1cc(SC(c2ccc(Cl)cc2)c2[nH]nc3ccccc23)ccc1OCC(=O)OC(=O)COc1ccc(SC(c2ccc(C(F)(F)F)cc2)c2[nH]nc3ccccc23)cc1. The summed E-state index contributed by atoms with van der Waals surface area (Å²) in [5.74, 6) is -0.980. The Balaban J connectivity index is 0.853. The number of halogens is 4. The number of aryl methyl sites for hydroxylation is 1. The second kappa shape index (κ2) is 18.2. The first-order chi connectivity index (χ1) is 29.5. The molecular weight excluding hydrogens is 845 g/mol. The third-order valence-corrected chi connectivity index (χ3v) is 12.4. The van der Waals surface area contributed by atoms with Gasteiger partial charge in [-0.15, -0.1) is 23.5 Å². The molecule has 2 aromatic heterocycles. The summed E-state index contributed by atoms with van der Waals surface area (Å²) in [5.41, 5.74) is 5.02. The maximum atomic E-state index is 13.3. The topological polar surface area (TPSA) is 119 Å². The van der Waals surface area contributed by atoms with Crippen molar-refractivity contribution in [2.75, 3.05) is 13.2 Å². The average molecular weight is 879 g/mol. The van der Waals surface area contributed by atoms with Crippen LogP contribution < -0.4 is 9.47 Å². The van der Waals surface area contributed by atoms with Gasteiger partial charge in [-0.1, -0.05) is 72.3 Å². The number of ether oxygens (including phenoxy) is 3. The first-order valence-electron chi connectivity index (χ1n) is 18.8. The van der Waals surface area contributed by atoms with Crippen molar-refractivity contribution >= 4 is 68.9 Å². The second-order valence-corrected chi connectivity index (χ2v) is 16.6. The number of H-pyrrole nitrogens is 2. The molecule has 9 nitrogen and oxygen atoms in total. The van der Waals surface area contributed by atoms with Gasteiger partial charge in [0.15, 0.2) is 13.2 Å². The Morgan fingerprint density at radius 1 is 0.656 bits per heavy atom. The number of carbonyl (C=O) groups excluding carboxylic acids is 2. The van der Waals surface area contributed by atoms with E-state index in [2.05, 4.69) is 20.4 Å². The van der Waals surface area contributed by atoms with E-state index in [1.807, 2.05) is 91.9 Å². The van der Waals surface area contributed by atoms with E-state index in [0.717, 1.165) is 66.2 Å². The molecule has 308 valence electrons. The normalized spacial score (nSPS) is 12.6. The summed E-state index contributed by atoms with van der Waals surface area (Å²) in [7, 11) is 0. The molecule has 6 aromatic carbocycles. The molecule has 0 bridgehead atoms. The van der Waals surface area contributed by atoms with Gasteiger partial charge in [-0.2, -0.15) is 23.4 Å². The second-order valence-electron chi connectivity index (χ2n) is 13.8. The number of esters is 2. The number of hydrogen-bond acceptors (Lipinski definition) is 9. The van der Waals surface area contributed by atoms with Crippen molar-refractivity contribution in [3.05, 3.63) is 178 Å². The van der Waals surface area contributed by atoms with Crippen molar-refractivity contribution in [3.63, 3.8) is 0 Å². The van der Waals surface area contributed by atoms with Crippen molar-refractivity contribution < 1.29 is 37.0 Å². The van der Waals surface area contributed by atoms with Crippen molar-refractivity contribution in [2.24, 2.45) is 0 Å². The number of carbonyl (C=O) groups is 2. The molecule has 0 amide bonds. The standard InChI is InChI=1S/C46H34ClF3N4O5S2/c1-27-24-34(61-45(29-12-16-31(47)17-13-29)43-36-7-3-5-9-38(36)52-54-43)22-23-39(27)58-26-41(56)59-40(55)25-57-32-18-20-33(21-19-32)60-44(28-10-14-30(15-11-28)46(48,49)50)42-35-6-2-4-8-37(35)51-53-42/h2-24,44-45H,25-26H2,1H3,(H,51,53)(H,52,54). The summed E-state index contributed by atoms with van der Waals surface area (Å²) in [6.45, 7) is 0.840. The van der Waals surface area contributed by atoms with Crippen LogP contribution in [-0.2, 0) is 20.5 Å². The van der Waals surface area contributed by atoms with Gasteiger partial charge in [0.05, 0.1) is 38.5 Å². The fourth-order valence-electron chi connectivity index (χ4n) is 6.64. The molecule has 15 heteroatoms. The van der Waals surface area contributed by atoms with E-state index in [9.17, 15) is 22.8 Å². The molecule has 0 saturated carbocycles. The van der Waals surface area contributed by atoms with Gasteiger partial charge in [0, 0.05) is 25.6 Å². The largest absolute Gasteiger partial charge is 0.482 e. The fraction of sp³-hybridized carbons (Fsp3) is 0.130. The number of aromatic nitrogens is 4. The number of rotatable bonds is 14. The van der Waals surface area contributed by atoms with Gasteiger partial charge in [0.25, 0.3) is 0 Å². The molecule has 2 atom stereocenters. The van der Waals surface area contributed by atoms with Crippen LogP contribution in [0.4, 0.5) is 13.2 Å². The molecule has 0 aliphatic rings. The molecule has 0 radical (unpaired) electrons. The first kappa shape index (κ1) is 41.5. The van der Waals surface area contributed by atoms with Crippen LogP contribution in [0, 0.1) is 6.92 Å². The average Bonchev–Trinajstić information content (AvgIpc) is 3.89. The van der Waals surface area contributed by atoms with E-state index in [4.69, 9.17) is 25.8 Å². The van der Waals surface area contributed by atoms with Crippen LogP contribution in [0.15, 0.2) is 149 Å². The predicted molar refractivity (Wildman–Crippen MR) is 230 cm³/mol. The Bertz CT molecular complexity index is 2820. The van der Waals surface area contributed by atoms with Crippen LogP contribution in [0.5, 0.6) is 11.5 Å². The molecule has 0 aliphatic carbocycles. The monoisotopic (exact) mass is 878 g/mol. The molecule has 0 aliphatic heterocycles. The van der Waals surface area contributed by atoms with Gasteiger partial charge < -0.3 is 14.2 Å². The van der Waals surface area contributed by atoms with Gasteiger partial charge in [-0.05, 0) is 102 Å². The van der Waals surface area contributed by atoms with E-state index in [1.165, 1.54) is 23.9 Å². The minimum absolute atomic E-state index is 0.127. The Morgan fingerprint density at radius 3 is 1.72 bits per heavy atom. The molecule has 8 aromatic rings. The predicted octanol–water partition coefficient (Wildman–Crippen LogP) is 11.7. The minimum Gasteiger partial charge on any atom is -0.482 e. The first-order valence-corrected chi connectivity index (χ1v) is 20.9. The smallest absolute Gasteiger partial charge is 0.416 e. The number of aromatic amines is 2. The van der Waals surface area contributed by atoms with Crippen molar-refractivity contribution in [1.29, 1.82) is 0 Å². The Morgan fingerprint density at radius 2 is 1.16 bits per heavy atom. The number of fused-ring (bicyclic) bond motifs is 2. The van der Waals surface area contributed by atoms with Gasteiger partial charge in [0.2, 0.25) is 0 Å². The quantitative estimate of drug-likeness (QED) is 0.0625. The zero-order chi connectivity index (χ0) is 42.5. The number of nitrogens with one attached hydrogen (secondary N) is 2. The van der Waals surface area contributed by atoms with E-state index in [1.54, 1.807) is 42.1 Å². The molecule has 0 spiro atoms. The highest BCUT2D eigenvalue weighted by Crippen LogP contribution is 2.45. The van der Waals surface area contributed by atoms with Gasteiger partial charge in [-0.3, -0.25) is 10.2 Å². The summed E-state index contributed by atoms with van der Waals surface area (Å²) in [6.07, 6.45) is -4.46. The van der Waals surface area contributed by atoms with Crippen LogP contribution in [0.1, 0.15) is 44.1 Å². The summed E-state index contributed by atoms with van der Waals surface area (Å²) < 4.78 is 56.3. The van der Waals surface area contributed by atoms with E-state index < -0.39 is 42.1 Å². The van der Waals surface area contributed by atoms with Gasteiger partial charge >= 0.3 is 18.1 Å². The number of alkyl halides is 3. The lowest BCUT2D eigenvalue weighted by Gasteiger charge is -2.18. The third kappa shape index (κ3) is 9.88. The van der Waals surface area contributed by atoms with E-state index in [-0.39, 0.29) is 5.25 Å². The summed E-state index contributed by atoms with van der Waals surface area (Å²) in [6, 6.07) is 40.6. The zero-order valence-corrected chi connectivity index (χ0v) is 34.5. The number of para-hydroxylation sites is 2. The van der Waals surface area contributed by atoms with Crippen LogP contribution in [0.3, 0.4) is 0 Å². The Labute approximate surface area is 361 Å². The highest BCUT2D eigenvalue weighted by Gasteiger charge is 2.31. The van der Waals surface area contributed by atoms with Crippen LogP contribution in [0.25, 0.3) is 21.8 Å². The highest BCUT2D eigenvalue weighted by molar-refractivity contribution is 8.00. The number of hydrogen-bond donors (Lipinski definition) is 2. The Kier molecular flexibility index (Phi) is 12.4. The van der Waals surface area contributed by atoms with Crippen LogP contribution >= 0.6 is 35.1 Å². The molecule has 2 N–H and O–H groups in total. The van der Waals surface area contributed by atoms with E-state index in [0.29, 0.717) is 22.1 Å². The van der Waals surface area contributed by atoms with Crippen molar-refractivity contribution in [1.82, 2.24) is 20.4 Å². The molecule has 2 unspecified atom stereocenters. The third-order valence-electron chi connectivity index (χ3n) is 9.63. The lowest BCUT2D eigenvalue weighted by molar-refractivity contribution is -0.162. The fourth-order valence-corrected chi connectivity index (χ4v) is 9.18. The summed E-state index contributed by atoms with van der Waals surface area (Å²) >= 11 is 9.24. The molecule has 61 heavy (non-hydrogen) atoms. The Hall–Kier alpha value is -6.22.